The number of ether oxygens (including phenoxy) is 2. The minimum absolute atomic E-state index is 0.0377. The topological polar surface area (TPSA) is 81.9 Å². The average molecular weight is 318 g/mol. The van der Waals surface area contributed by atoms with Gasteiger partial charge in [0, 0.05) is 30.8 Å². The number of methoxy groups -OCH3 is 1. The molecule has 0 amide bonds. The molecule has 0 saturated carbocycles. The highest BCUT2D eigenvalue weighted by Gasteiger charge is 2.34. The normalized spacial score (nSPS) is 20.9. The zero-order valence-electron chi connectivity index (χ0n) is 12.9. The number of likely N-dealkylation sites (tertiary alicyclic amines) is 1. The van der Waals surface area contributed by atoms with E-state index < -0.39 is 17.1 Å². The van der Waals surface area contributed by atoms with Crippen molar-refractivity contribution in [3.8, 4) is 5.75 Å². The summed E-state index contributed by atoms with van der Waals surface area (Å²) in [6.45, 7) is 1.70. The number of piperidine rings is 1. The maximum Gasteiger partial charge on any atom is 0.338 e. The van der Waals surface area contributed by atoms with Gasteiger partial charge in [0.2, 0.25) is 0 Å². The molecule has 0 N–H and O–H groups in total. The van der Waals surface area contributed by atoms with Crippen LogP contribution in [-0.4, -0.2) is 42.2 Å². The minimum Gasteiger partial charge on any atom is -0.470 e. The molecule has 0 bridgehead atoms. The van der Waals surface area contributed by atoms with Gasteiger partial charge < -0.3 is 9.47 Å². The lowest BCUT2D eigenvalue weighted by Gasteiger charge is -2.37. The van der Waals surface area contributed by atoms with E-state index in [0.717, 1.165) is 25.9 Å². The number of non-ortho nitro benzene ring substituents is 1. The van der Waals surface area contributed by atoms with Gasteiger partial charge in [0.05, 0.1) is 17.6 Å². The van der Waals surface area contributed by atoms with Gasteiger partial charge in [0.1, 0.15) is 5.75 Å². The van der Waals surface area contributed by atoms with Crippen molar-refractivity contribution in [2.24, 2.45) is 0 Å². The van der Waals surface area contributed by atoms with Crippen molar-refractivity contribution in [1.82, 2.24) is 4.90 Å². The molecule has 3 rings (SSSR count). The van der Waals surface area contributed by atoms with Crippen molar-refractivity contribution in [2.75, 3.05) is 20.2 Å². The highest BCUT2D eigenvalue weighted by atomic mass is 16.6. The van der Waals surface area contributed by atoms with Crippen LogP contribution in [0.2, 0.25) is 0 Å². The molecule has 122 valence electrons. The van der Waals surface area contributed by atoms with Gasteiger partial charge in [-0.15, -0.1) is 0 Å². The Balaban J connectivity index is 1.98. The van der Waals surface area contributed by atoms with E-state index in [-0.39, 0.29) is 5.69 Å². The first-order chi connectivity index (χ1) is 11.1. The molecule has 1 saturated heterocycles. The predicted molar refractivity (Wildman–Crippen MR) is 82.9 cm³/mol. The van der Waals surface area contributed by atoms with Gasteiger partial charge in [-0.25, -0.2) is 4.79 Å². The third kappa shape index (κ3) is 3.05. The molecule has 2 heterocycles. The molecule has 23 heavy (non-hydrogen) atoms. The quantitative estimate of drug-likeness (QED) is 0.483. The molecule has 0 radical (unpaired) electrons. The molecule has 1 aromatic rings. The molecule has 0 aliphatic carbocycles. The molecule has 1 aromatic carbocycles. The maximum atomic E-state index is 12.1. The van der Waals surface area contributed by atoms with Gasteiger partial charge in [0.15, 0.2) is 6.23 Å². The molecule has 1 fully saturated rings. The Bertz CT molecular complexity index is 664. The van der Waals surface area contributed by atoms with Crippen molar-refractivity contribution in [3.63, 3.8) is 0 Å². The first-order valence-electron chi connectivity index (χ1n) is 7.59. The van der Waals surface area contributed by atoms with Gasteiger partial charge in [-0.3, -0.25) is 15.0 Å². The van der Waals surface area contributed by atoms with Crippen molar-refractivity contribution in [2.45, 2.75) is 25.5 Å². The summed E-state index contributed by atoms with van der Waals surface area (Å²) in [7, 11) is 1.32. The van der Waals surface area contributed by atoms with E-state index in [1.54, 1.807) is 12.1 Å². The van der Waals surface area contributed by atoms with Crippen LogP contribution in [0.4, 0.5) is 5.69 Å². The number of nitro groups is 1. The van der Waals surface area contributed by atoms with Crippen molar-refractivity contribution in [3.05, 3.63) is 39.4 Å². The Hall–Kier alpha value is -2.41. The molecule has 7 heteroatoms. The van der Waals surface area contributed by atoms with E-state index in [1.165, 1.54) is 25.7 Å². The Kier molecular flexibility index (Phi) is 4.29. The summed E-state index contributed by atoms with van der Waals surface area (Å²) < 4.78 is 10.8. The van der Waals surface area contributed by atoms with Crippen LogP contribution in [0.25, 0.3) is 6.08 Å². The smallest absolute Gasteiger partial charge is 0.338 e. The Morgan fingerprint density at radius 3 is 2.74 bits per heavy atom. The monoisotopic (exact) mass is 318 g/mol. The Morgan fingerprint density at radius 2 is 2.09 bits per heavy atom. The fourth-order valence-corrected chi connectivity index (χ4v) is 2.99. The van der Waals surface area contributed by atoms with Gasteiger partial charge in [-0.2, -0.15) is 0 Å². The molecule has 0 spiro atoms. The number of carbonyl (C=O) groups is 1. The third-order valence-corrected chi connectivity index (χ3v) is 4.16. The first-order valence-corrected chi connectivity index (χ1v) is 7.59. The molecule has 0 unspecified atom stereocenters. The zero-order valence-corrected chi connectivity index (χ0v) is 12.9. The largest absolute Gasteiger partial charge is 0.470 e. The molecule has 2 aliphatic heterocycles. The first kappa shape index (κ1) is 15.5. The van der Waals surface area contributed by atoms with Crippen LogP contribution in [0.1, 0.15) is 24.8 Å². The van der Waals surface area contributed by atoms with Crippen LogP contribution < -0.4 is 4.74 Å². The van der Waals surface area contributed by atoms with Crippen LogP contribution in [0, 0.1) is 10.1 Å². The minimum atomic E-state index is -0.503. The molecular weight excluding hydrogens is 300 g/mol. The summed E-state index contributed by atoms with van der Waals surface area (Å²) in [5, 5.41) is 10.9. The van der Waals surface area contributed by atoms with Crippen LogP contribution in [0.3, 0.4) is 0 Å². The number of carbonyl (C=O) groups excluding carboxylic acids is 1. The third-order valence-electron chi connectivity index (χ3n) is 4.16. The predicted octanol–water partition coefficient (Wildman–Crippen LogP) is 2.36. The zero-order chi connectivity index (χ0) is 16.4. The second-order valence-corrected chi connectivity index (χ2v) is 5.64. The van der Waals surface area contributed by atoms with Crippen LogP contribution in [-0.2, 0) is 9.53 Å². The number of rotatable bonds is 3. The number of fused-ring (bicyclic) bond motifs is 1. The van der Waals surface area contributed by atoms with Crippen LogP contribution in [0.5, 0.6) is 5.75 Å². The number of hydrogen-bond donors (Lipinski definition) is 0. The van der Waals surface area contributed by atoms with Gasteiger partial charge >= 0.3 is 5.97 Å². The van der Waals surface area contributed by atoms with Crippen molar-refractivity contribution < 1.29 is 19.2 Å². The lowest BCUT2D eigenvalue weighted by Crippen LogP contribution is -2.46. The molecule has 0 aromatic heterocycles. The van der Waals surface area contributed by atoms with Gasteiger partial charge in [-0.05, 0) is 25.0 Å². The number of nitrogens with zero attached hydrogens (tertiary/aromatic N) is 2. The Morgan fingerprint density at radius 1 is 1.35 bits per heavy atom. The van der Waals surface area contributed by atoms with Gasteiger partial charge in [-0.1, -0.05) is 6.42 Å². The lowest BCUT2D eigenvalue weighted by atomic mass is 10.0. The number of benzene rings is 1. The van der Waals surface area contributed by atoms with Crippen molar-refractivity contribution >= 4 is 17.7 Å². The fraction of sp³-hybridized carbons (Fsp3) is 0.438. The summed E-state index contributed by atoms with van der Waals surface area (Å²) in [6, 6.07) is 4.39. The fourth-order valence-electron chi connectivity index (χ4n) is 2.99. The van der Waals surface area contributed by atoms with Crippen LogP contribution in [0.15, 0.2) is 23.8 Å². The second-order valence-electron chi connectivity index (χ2n) is 5.64. The van der Waals surface area contributed by atoms with E-state index in [4.69, 9.17) is 9.47 Å². The van der Waals surface area contributed by atoms with E-state index in [9.17, 15) is 14.9 Å². The van der Waals surface area contributed by atoms with E-state index >= 15 is 0 Å². The van der Waals surface area contributed by atoms with E-state index in [2.05, 4.69) is 4.90 Å². The van der Waals surface area contributed by atoms with Crippen LogP contribution >= 0.6 is 0 Å². The van der Waals surface area contributed by atoms with E-state index in [1.807, 2.05) is 0 Å². The molecule has 7 nitrogen and oxygen atoms in total. The maximum absolute atomic E-state index is 12.1. The summed E-state index contributed by atoms with van der Waals surface area (Å²) >= 11 is 0. The number of hydrogen-bond acceptors (Lipinski definition) is 6. The number of nitro benzene ring substituents is 1. The van der Waals surface area contributed by atoms with Gasteiger partial charge in [0.25, 0.3) is 5.69 Å². The summed E-state index contributed by atoms with van der Waals surface area (Å²) in [4.78, 5) is 24.7. The Labute approximate surface area is 133 Å². The lowest BCUT2D eigenvalue weighted by molar-refractivity contribution is -0.384. The summed E-state index contributed by atoms with van der Waals surface area (Å²) in [6.07, 6.45) is 4.42. The highest BCUT2D eigenvalue weighted by molar-refractivity contribution is 5.96. The van der Waals surface area contributed by atoms with E-state index in [0.29, 0.717) is 16.9 Å². The van der Waals surface area contributed by atoms with Crippen molar-refractivity contribution in [1.29, 1.82) is 0 Å². The number of esters is 1. The second kappa shape index (κ2) is 6.37. The molecular formula is C16H18N2O5. The summed E-state index contributed by atoms with van der Waals surface area (Å²) in [5.74, 6) is 0.0663. The standard InChI is InChI=1S/C16H18N2O5/c1-22-16(19)13-10-11-9-12(18(20)21)5-6-14(11)23-15(13)17-7-3-2-4-8-17/h5-6,9-10,15H,2-4,7-8H2,1H3/t15-/m1/s1. The summed E-state index contributed by atoms with van der Waals surface area (Å²) in [5.41, 5.74) is 0.861. The highest BCUT2D eigenvalue weighted by Crippen LogP contribution is 2.34. The average Bonchev–Trinajstić information content (AvgIpc) is 2.60. The molecule has 1 atom stereocenters. The molecule has 2 aliphatic rings. The SMILES string of the molecule is COC(=O)C1=Cc2cc([N+](=O)[O-])ccc2O[C@H]1N1CCCCC1.